The Labute approximate surface area is 104 Å². The third-order valence-electron chi connectivity index (χ3n) is 2.43. The minimum Gasteiger partial charge on any atom is -0.378 e. The van der Waals surface area contributed by atoms with Crippen molar-refractivity contribution in [2.45, 2.75) is 13.3 Å². The Bertz CT molecular complexity index is 376. The summed E-state index contributed by atoms with van der Waals surface area (Å²) in [6.45, 7) is 5.40. The molecule has 1 aliphatic heterocycles. The zero-order valence-electron chi connectivity index (χ0n) is 9.81. The molecule has 1 aliphatic rings. The summed E-state index contributed by atoms with van der Waals surface area (Å²) < 4.78 is 5.21. The lowest BCUT2D eigenvalue weighted by Gasteiger charge is -2.25. The van der Waals surface area contributed by atoms with Gasteiger partial charge in [-0.3, -0.25) is 4.79 Å². The largest absolute Gasteiger partial charge is 0.378 e. The average Bonchev–Trinajstić information content (AvgIpc) is 2.85. The first-order chi connectivity index (χ1) is 8.31. The van der Waals surface area contributed by atoms with Crippen LogP contribution >= 0.6 is 11.3 Å². The van der Waals surface area contributed by atoms with Gasteiger partial charge in [0, 0.05) is 19.6 Å². The van der Waals surface area contributed by atoms with E-state index in [0.29, 0.717) is 36.4 Å². The molecule has 1 amide bonds. The first-order valence-electron chi connectivity index (χ1n) is 5.75. The molecule has 6 nitrogen and oxygen atoms in total. The number of carbonyl (C=O) groups is 1. The van der Waals surface area contributed by atoms with Gasteiger partial charge in [-0.2, -0.15) is 0 Å². The van der Waals surface area contributed by atoms with Crippen molar-refractivity contribution >= 4 is 22.4 Å². The van der Waals surface area contributed by atoms with Crippen molar-refractivity contribution in [3.05, 3.63) is 5.01 Å². The van der Waals surface area contributed by atoms with Crippen molar-refractivity contribution < 1.29 is 9.53 Å². The molecule has 1 fully saturated rings. The minimum atomic E-state index is -0.0460. The predicted octanol–water partition coefficient (Wildman–Crippen LogP) is 0.832. The summed E-state index contributed by atoms with van der Waals surface area (Å²) >= 11 is 1.31. The lowest BCUT2D eigenvalue weighted by atomic mass is 10.4. The molecule has 0 unspecified atom stereocenters. The maximum absolute atomic E-state index is 12.0. The maximum atomic E-state index is 12.0. The molecule has 0 bridgehead atoms. The molecule has 7 heteroatoms. The molecule has 2 rings (SSSR count). The normalized spacial score (nSPS) is 15.9. The number of carbonyl (C=O) groups excluding carboxylic acids is 1. The van der Waals surface area contributed by atoms with Gasteiger partial charge in [-0.1, -0.05) is 18.3 Å². The summed E-state index contributed by atoms with van der Waals surface area (Å²) in [5.74, 6) is -0.0460. The topological polar surface area (TPSA) is 67.4 Å². The van der Waals surface area contributed by atoms with Crippen LogP contribution in [0.1, 0.15) is 23.1 Å². The van der Waals surface area contributed by atoms with E-state index in [2.05, 4.69) is 22.4 Å². The number of hydrogen-bond donors (Lipinski definition) is 1. The lowest BCUT2D eigenvalue weighted by molar-refractivity contribution is 0.0302. The van der Waals surface area contributed by atoms with Gasteiger partial charge in [-0.25, -0.2) is 0 Å². The Hall–Kier alpha value is -1.21. The highest BCUT2D eigenvalue weighted by Gasteiger charge is 2.21. The van der Waals surface area contributed by atoms with E-state index in [-0.39, 0.29) is 5.91 Å². The number of nitrogens with zero attached hydrogens (tertiary/aromatic N) is 3. The first kappa shape index (κ1) is 12.3. The molecule has 0 spiro atoms. The van der Waals surface area contributed by atoms with E-state index in [1.807, 2.05) is 0 Å². The number of anilines is 1. The van der Waals surface area contributed by atoms with Crippen molar-refractivity contribution in [1.29, 1.82) is 0 Å². The quantitative estimate of drug-likeness (QED) is 0.864. The zero-order chi connectivity index (χ0) is 12.1. The smallest absolute Gasteiger partial charge is 0.285 e. The van der Waals surface area contributed by atoms with Crippen LogP contribution in [0, 0.1) is 0 Å². The van der Waals surface area contributed by atoms with Gasteiger partial charge in [-0.05, 0) is 6.42 Å². The van der Waals surface area contributed by atoms with Gasteiger partial charge in [0.05, 0.1) is 13.2 Å². The van der Waals surface area contributed by atoms with E-state index < -0.39 is 0 Å². The first-order valence-corrected chi connectivity index (χ1v) is 6.57. The second-order valence-corrected chi connectivity index (χ2v) is 4.72. The van der Waals surface area contributed by atoms with Crippen LogP contribution in [0.25, 0.3) is 0 Å². The maximum Gasteiger partial charge on any atom is 0.285 e. The molecular formula is C10H16N4O2S. The Balaban J connectivity index is 1.96. The van der Waals surface area contributed by atoms with Crippen LogP contribution in [0.2, 0.25) is 0 Å². The fourth-order valence-electron chi connectivity index (χ4n) is 1.51. The van der Waals surface area contributed by atoms with Crippen molar-refractivity contribution in [1.82, 2.24) is 15.1 Å². The SMILES string of the molecule is CCCNc1nnc(C(=O)N2CCOCC2)s1. The van der Waals surface area contributed by atoms with Gasteiger partial charge in [-0.15, -0.1) is 10.2 Å². The van der Waals surface area contributed by atoms with Crippen molar-refractivity contribution in [2.75, 3.05) is 38.2 Å². The van der Waals surface area contributed by atoms with Crippen LogP contribution in [0.4, 0.5) is 5.13 Å². The highest BCUT2D eigenvalue weighted by atomic mass is 32.1. The number of hydrogen-bond acceptors (Lipinski definition) is 6. The predicted molar refractivity (Wildman–Crippen MR) is 65.4 cm³/mol. The fraction of sp³-hybridized carbons (Fsp3) is 0.700. The van der Waals surface area contributed by atoms with E-state index >= 15 is 0 Å². The second-order valence-electron chi connectivity index (χ2n) is 3.74. The molecular weight excluding hydrogens is 240 g/mol. The van der Waals surface area contributed by atoms with Crippen LogP contribution in [0.3, 0.4) is 0 Å². The summed E-state index contributed by atoms with van der Waals surface area (Å²) in [7, 11) is 0. The summed E-state index contributed by atoms with van der Waals surface area (Å²) in [5.41, 5.74) is 0. The van der Waals surface area contributed by atoms with Crippen molar-refractivity contribution in [3.63, 3.8) is 0 Å². The number of rotatable bonds is 4. The van der Waals surface area contributed by atoms with Crippen LogP contribution in [0.15, 0.2) is 0 Å². The van der Waals surface area contributed by atoms with Gasteiger partial charge in [0.15, 0.2) is 0 Å². The second kappa shape index (κ2) is 5.92. The molecule has 0 saturated carbocycles. The number of amides is 1. The molecule has 0 radical (unpaired) electrons. The molecule has 0 aliphatic carbocycles. The van der Waals surface area contributed by atoms with Crippen LogP contribution < -0.4 is 5.32 Å². The van der Waals surface area contributed by atoms with E-state index in [9.17, 15) is 4.79 Å². The third kappa shape index (κ3) is 3.13. The molecule has 1 aromatic rings. The van der Waals surface area contributed by atoms with E-state index in [1.54, 1.807) is 4.90 Å². The Kier molecular flexibility index (Phi) is 4.27. The number of aromatic nitrogens is 2. The molecule has 0 aromatic carbocycles. The van der Waals surface area contributed by atoms with Gasteiger partial charge in [0.1, 0.15) is 0 Å². The molecule has 17 heavy (non-hydrogen) atoms. The highest BCUT2D eigenvalue weighted by molar-refractivity contribution is 7.17. The van der Waals surface area contributed by atoms with Crippen LogP contribution in [0.5, 0.6) is 0 Å². The summed E-state index contributed by atoms with van der Waals surface area (Å²) in [6, 6.07) is 0. The Morgan fingerprint density at radius 3 is 2.94 bits per heavy atom. The molecule has 1 saturated heterocycles. The molecule has 0 atom stereocenters. The summed E-state index contributed by atoms with van der Waals surface area (Å²) in [6.07, 6.45) is 1.02. The van der Waals surface area contributed by atoms with E-state index in [1.165, 1.54) is 11.3 Å². The molecule has 2 heterocycles. The molecule has 1 N–H and O–H groups in total. The minimum absolute atomic E-state index is 0.0460. The number of ether oxygens (including phenoxy) is 1. The van der Waals surface area contributed by atoms with Gasteiger partial charge < -0.3 is 15.0 Å². The number of nitrogens with one attached hydrogen (secondary N) is 1. The van der Waals surface area contributed by atoms with Gasteiger partial charge in [0.2, 0.25) is 10.1 Å². The highest BCUT2D eigenvalue weighted by Crippen LogP contribution is 2.17. The lowest BCUT2D eigenvalue weighted by Crippen LogP contribution is -2.40. The summed E-state index contributed by atoms with van der Waals surface area (Å²) in [5, 5.41) is 12.1. The number of morpholine rings is 1. The van der Waals surface area contributed by atoms with E-state index in [0.717, 1.165) is 13.0 Å². The average molecular weight is 256 g/mol. The van der Waals surface area contributed by atoms with Crippen LogP contribution in [-0.4, -0.2) is 53.9 Å². The van der Waals surface area contributed by atoms with Gasteiger partial charge in [0.25, 0.3) is 5.91 Å². The molecule has 1 aromatic heterocycles. The molecule has 94 valence electrons. The van der Waals surface area contributed by atoms with Gasteiger partial charge >= 0.3 is 0 Å². The summed E-state index contributed by atoms with van der Waals surface area (Å²) in [4.78, 5) is 13.8. The van der Waals surface area contributed by atoms with Crippen LogP contribution in [-0.2, 0) is 4.74 Å². The third-order valence-corrected chi connectivity index (χ3v) is 3.30. The van der Waals surface area contributed by atoms with Crippen molar-refractivity contribution in [2.24, 2.45) is 0 Å². The Morgan fingerprint density at radius 1 is 1.47 bits per heavy atom. The Morgan fingerprint density at radius 2 is 2.24 bits per heavy atom. The zero-order valence-corrected chi connectivity index (χ0v) is 10.6. The van der Waals surface area contributed by atoms with E-state index in [4.69, 9.17) is 4.74 Å². The fourth-order valence-corrected chi connectivity index (χ4v) is 2.25. The van der Waals surface area contributed by atoms with Crippen molar-refractivity contribution in [3.8, 4) is 0 Å². The monoisotopic (exact) mass is 256 g/mol. The standard InChI is InChI=1S/C10H16N4O2S/c1-2-3-11-10-13-12-8(17-10)9(15)14-4-6-16-7-5-14/h2-7H2,1H3,(H,11,13).